The number of aliphatic hydroxyl groups is 3. The van der Waals surface area contributed by atoms with Crippen molar-refractivity contribution in [2.24, 2.45) is 4.99 Å². The molecule has 0 amide bonds. The van der Waals surface area contributed by atoms with Crippen molar-refractivity contribution >= 4 is 46.4 Å². The van der Waals surface area contributed by atoms with Crippen LogP contribution in [0.15, 0.2) is 44.9 Å². The lowest BCUT2D eigenvalue weighted by Crippen LogP contribution is -2.61. The van der Waals surface area contributed by atoms with Crippen LogP contribution in [0.1, 0.15) is 19.4 Å². The van der Waals surface area contributed by atoms with E-state index in [2.05, 4.69) is 4.99 Å². The molecule has 0 saturated carbocycles. The first kappa shape index (κ1) is 22.9. The number of nitrogens with zero attached hydrogens (tertiary/aromatic N) is 1. The van der Waals surface area contributed by atoms with E-state index in [4.69, 9.17) is 32.7 Å². The number of aliphatic hydroxyl groups excluding tert-OH is 3. The smallest absolute Gasteiger partial charge is 0.335 e. The molecule has 0 unspecified atom stereocenters. The summed E-state index contributed by atoms with van der Waals surface area (Å²) in [5.74, 6) is -1.84. The second-order valence-electron chi connectivity index (χ2n) is 8.16. The molecule has 9 nitrogen and oxygen atoms in total. The molecule has 0 aromatic heterocycles. The first-order valence-electron chi connectivity index (χ1n) is 9.58. The van der Waals surface area contributed by atoms with Gasteiger partial charge in [0, 0.05) is 11.0 Å². The predicted octanol–water partition coefficient (Wildman–Crippen LogP) is 1.52. The third-order valence-corrected chi connectivity index (χ3v) is 6.37. The number of Topliss-reactive ketones (excluding diaryl/α,β-unsaturated/α-hetero) is 1. The zero-order chi connectivity index (χ0) is 23.5. The molecule has 1 aliphatic carbocycles. The van der Waals surface area contributed by atoms with Crippen LogP contribution in [-0.2, 0) is 19.7 Å². The summed E-state index contributed by atoms with van der Waals surface area (Å²) >= 11 is 12.3. The second-order valence-corrected chi connectivity index (χ2v) is 8.95. The van der Waals surface area contributed by atoms with Gasteiger partial charge in [0.2, 0.25) is 12.1 Å². The number of carbonyl (C=O) groups is 2. The van der Waals surface area contributed by atoms with E-state index < -0.39 is 47.9 Å². The summed E-state index contributed by atoms with van der Waals surface area (Å²) < 4.78 is 10.8. The molecule has 1 saturated heterocycles. The standard InChI is InChI=1S/C21H19Cl2NO8/c1-21(2)8-5-7(31-20-17(28)15(26)16(27)18(32-20)19(29)30)3-4-10(8)24-11-6-9(22)14(25)13(23)12(11)21/h3-6,15-18,20,26-28H,1-2H3,(H,29,30)/t15-,16-,17+,18-,20+/m0/s1. The lowest BCUT2D eigenvalue weighted by molar-refractivity contribution is -0.271. The molecule has 5 atom stereocenters. The Kier molecular flexibility index (Phi) is 5.69. The minimum atomic E-state index is -1.82. The molecule has 4 rings (SSSR count). The number of aliphatic imine (C=N–C) groups is 1. The van der Waals surface area contributed by atoms with Gasteiger partial charge in [-0.1, -0.05) is 37.0 Å². The minimum Gasteiger partial charge on any atom is -0.479 e. The van der Waals surface area contributed by atoms with Gasteiger partial charge in [-0.05, 0) is 29.8 Å². The van der Waals surface area contributed by atoms with E-state index in [9.17, 15) is 30.0 Å². The molecule has 2 heterocycles. The highest BCUT2D eigenvalue weighted by Crippen LogP contribution is 2.47. The number of hydrogen-bond donors (Lipinski definition) is 4. The fraction of sp³-hybridized carbons (Fsp3) is 0.381. The number of carboxylic acids is 1. The molecule has 3 aliphatic rings. The Morgan fingerprint density at radius 3 is 2.50 bits per heavy atom. The lowest BCUT2D eigenvalue weighted by Gasteiger charge is -2.39. The highest BCUT2D eigenvalue weighted by atomic mass is 35.5. The molecular weight excluding hydrogens is 465 g/mol. The molecule has 1 aromatic rings. The molecule has 1 fully saturated rings. The molecule has 0 bridgehead atoms. The molecular formula is C21H19Cl2NO8. The van der Waals surface area contributed by atoms with Crippen molar-refractivity contribution in [1.29, 1.82) is 0 Å². The van der Waals surface area contributed by atoms with Crippen molar-refractivity contribution in [3.63, 3.8) is 0 Å². The molecule has 1 aromatic carbocycles. The number of rotatable bonds is 3. The number of halogens is 2. The number of benzene rings is 1. The van der Waals surface area contributed by atoms with E-state index in [1.54, 1.807) is 12.1 Å². The third-order valence-electron chi connectivity index (χ3n) is 5.73. The Hall–Kier alpha value is -2.27. The highest BCUT2D eigenvalue weighted by molar-refractivity contribution is 6.58. The summed E-state index contributed by atoms with van der Waals surface area (Å²) in [6.07, 6.45) is -7.19. The van der Waals surface area contributed by atoms with Gasteiger partial charge in [0.15, 0.2) is 6.10 Å². The molecule has 0 spiro atoms. The number of carboxylic acid groups (broad SMARTS) is 1. The van der Waals surface area contributed by atoms with Crippen molar-refractivity contribution in [2.45, 2.75) is 50.0 Å². The van der Waals surface area contributed by atoms with Gasteiger partial charge in [0.05, 0.1) is 21.5 Å². The van der Waals surface area contributed by atoms with Gasteiger partial charge < -0.3 is 29.9 Å². The van der Waals surface area contributed by atoms with Crippen molar-refractivity contribution in [3.05, 3.63) is 45.5 Å². The van der Waals surface area contributed by atoms with E-state index in [0.29, 0.717) is 22.5 Å². The average Bonchev–Trinajstić information content (AvgIpc) is 2.72. The minimum absolute atomic E-state index is 0.0335. The van der Waals surface area contributed by atoms with E-state index >= 15 is 0 Å². The van der Waals surface area contributed by atoms with Crippen LogP contribution in [0.3, 0.4) is 0 Å². The van der Waals surface area contributed by atoms with Crippen LogP contribution >= 0.6 is 23.2 Å². The van der Waals surface area contributed by atoms with Gasteiger partial charge in [-0.25, -0.2) is 9.79 Å². The van der Waals surface area contributed by atoms with Gasteiger partial charge in [-0.2, -0.15) is 0 Å². The first-order valence-corrected chi connectivity index (χ1v) is 10.3. The highest BCUT2D eigenvalue weighted by Gasteiger charge is 2.48. The van der Waals surface area contributed by atoms with Crippen LogP contribution in [0.25, 0.3) is 0 Å². The van der Waals surface area contributed by atoms with Gasteiger partial charge >= 0.3 is 5.97 Å². The summed E-state index contributed by atoms with van der Waals surface area (Å²) in [6, 6.07) is 4.76. The topological polar surface area (TPSA) is 146 Å². The van der Waals surface area contributed by atoms with Gasteiger partial charge in [0.1, 0.15) is 24.1 Å². The number of hydrogen-bond acceptors (Lipinski definition) is 8. The Balaban J connectivity index is 1.70. The van der Waals surface area contributed by atoms with Crippen LogP contribution in [0.2, 0.25) is 0 Å². The summed E-state index contributed by atoms with van der Waals surface area (Å²) in [4.78, 5) is 28.1. The van der Waals surface area contributed by atoms with Crippen LogP contribution in [-0.4, -0.2) is 68.6 Å². The maximum atomic E-state index is 12.3. The van der Waals surface area contributed by atoms with Gasteiger partial charge in [-0.15, -0.1) is 0 Å². The van der Waals surface area contributed by atoms with Crippen molar-refractivity contribution in [2.75, 3.05) is 0 Å². The molecule has 170 valence electrons. The van der Waals surface area contributed by atoms with Gasteiger partial charge in [-0.3, -0.25) is 4.79 Å². The SMILES string of the molecule is CC1(C)C2=C(Cl)C(=O)C(Cl)=CC2=Nc2ccc(O[C@@H]3O[C@H](C(=O)O)[C@@H](O)[C@H](O)[C@H]3O)cc21. The number of ketones is 1. The number of ether oxygens (including phenoxy) is 2. The fourth-order valence-electron chi connectivity index (χ4n) is 4.01. The Morgan fingerprint density at radius 1 is 1.16 bits per heavy atom. The molecule has 11 heteroatoms. The van der Waals surface area contributed by atoms with Crippen LogP contribution in [0, 0.1) is 0 Å². The first-order chi connectivity index (χ1) is 14.9. The molecule has 4 N–H and O–H groups in total. The lowest BCUT2D eigenvalue weighted by atomic mass is 9.71. The summed E-state index contributed by atoms with van der Waals surface area (Å²) in [7, 11) is 0. The number of fused-ring (bicyclic) bond motifs is 2. The Labute approximate surface area is 192 Å². The van der Waals surface area contributed by atoms with E-state index in [-0.39, 0.29) is 15.8 Å². The Morgan fingerprint density at radius 2 is 1.84 bits per heavy atom. The number of allylic oxidation sites excluding steroid dienone is 4. The zero-order valence-electron chi connectivity index (χ0n) is 16.8. The normalized spacial score (nSPS) is 31.3. The Bertz CT molecular complexity index is 1110. The van der Waals surface area contributed by atoms with E-state index in [1.165, 1.54) is 12.1 Å². The van der Waals surface area contributed by atoms with Crippen molar-refractivity contribution < 1.29 is 39.5 Å². The molecule has 32 heavy (non-hydrogen) atoms. The van der Waals surface area contributed by atoms with Gasteiger partial charge in [0.25, 0.3) is 0 Å². The van der Waals surface area contributed by atoms with Crippen LogP contribution < -0.4 is 4.74 Å². The maximum Gasteiger partial charge on any atom is 0.335 e. The van der Waals surface area contributed by atoms with Crippen LogP contribution in [0.4, 0.5) is 5.69 Å². The van der Waals surface area contributed by atoms with Crippen molar-refractivity contribution in [3.8, 4) is 5.75 Å². The molecule has 0 radical (unpaired) electrons. The second kappa shape index (κ2) is 7.95. The monoisotopic (exact) mass is 483 g/mol. The number of aliphatic carboxylic acids is 1. The van der Waals surface area contributed by atoms with Crippen LogP contribution in [0.5, 0.6) is 5.75 Å². The fourth-order valence-corrected chi connectivity index (χ4v) is 4.69. The predicted molar refractivity (Wildman–Crippen MR) is 113 cm³/mol. The summed E-state index contributed by atoms with van der Waals surface area (Å²) in [5.41, 5.74) is 1.41. The maximum absolute atomic E-state index is 12.3. The van der Waals surface area contributed by atoms with E-state index in [0.717, 1.165) is 0 Å². The van der Waals surface area contributed by atoms with Crippen molar-refractivity contribution in [1.82, 2.24) is 0 Å². The number of carbonyl (C=O) groups excluding carboxylic acids is 1. The third kappa shape index (κ3) is 3.55. The quantitative estimate of drug-likeness (QED) is 0.473. The summed E-state index contributed by atoms with van der Waals surface area (Å²) in [6.45, 7) is 3.68. The average molecular weight is 484 g/mol. The largest absolute Gasteiger partial charge is 0.479 e. The summed E-state index contributed by atoms with van der Waals surface area (Å²) in [5, 5.41) is 39.1. The molecule has 2 aliphatic heterocycles. The van der Waals surface area contributed by atoms with E-state index in [1.807, 2.05) is 13.8 Å². The zero-order valence-corrected chi connectivity index (χ0v) is 18.3.